The zero-order valence-electron chi connectivity index (χ0n) is 44.9. The molecular weight excluding hydrogens is 869 g/mol. The molecule has 0 aliphatic carbocycles. The molecule has 0 bridgehead atoms. The van der Waals surface area contributed by atoms with E-state index in [2.05, 4.69) is 69.2 Å². The first-order valence-corrected chi connectivity index (χ1v) is 27.8. The molecule has 0 aromatic heterocycles. The van der Waals surface area contributed by atoms with Crippen LogP contribution in [0.2, 0.25) is 0 Å². The molecule has 0 aromatic carbocycles. The number of aliphatic hydroxyl groups is 7. The molecule has 68 heavy (non-hydrogen) atoms. The maximum Gasteiger partial charge on any atom is 0.187 e. The fourth-order valence-electron chi connectivity index (χ4n) is 9.85. The number of ether oxygens (including phenoxy) is 6. The zero-order valence-corrected chi connectivity index (χ0v) is 44.9. The average Bonchev–Trinajstić information content (AvgIpc) is 3.28. The molecule has 2 rings (SSSR count). The Balaban J connectivity index is 1.87. The number of rotatable bonds is 40. The third kappa shape index (κ3) is 26.4. The molecule has 2 aliphatic rings. The van der Waals surface area contributed by atoms with Gasteiger partial charge < -0.3 is 64.2 Å². The Labute approximate surface area is 415 Å². The van der Waals surface area contributed by atoms with Crippen LogP contribution in [0.15, 0.2) is 0 Å². The van der Waals surface area contributed by atoms with E-state index < -0.39 is 80.7 Å². The second-order valence-corrected chi connectivity index (χ2v) is 23.0. The lowest BCUT2D eigenvalue weighted by atomic mass is 9.91. The first-order valence-electron chi connectivity index (χ1n) is 27.8. The molecule has 0 spiro atoms. The van der Waals surface area contributed by atoms with Gasteiger partial charge in [-0.15, -0.1) is 0 Å². The van der Waals surface area contributed by atoms with Crippen LogP contribution in [0.25, 0.3) is 0 Å². The van der Waals surface area contributed by atoms with Gasteiger partial charge in [0.25, 0.3) is 0 Å². The highest BCUT2D eigenvalue weighted by Crippen LogP contribution is 2.31. The molecule has 17 atom stereocenters. The van der Waals surface area contributed by atoms with Crippen molar-refractivity contribution in [3.8, 4) is 0 Å². The molecule has 2 heterocycles. The van der Waals surface area contributed by atoms with E-state index in [9.17, 15) is 35.7 Å². The highest BCUT2D eigenvalue weighted by Gasteiger charge is 2.51. The second kappa shape index (κ2) is 36.4. The van der Waals surface area contributed by atoms with Crippen LogP contribution in [0.1, 0.15) is 198 Å². The van der Waals surface area contributed by atoms with Crippen LogP contribution >= 0.6 is 0 Å². The molecule has 13 heteroatoms. The zero-order chi connectivity index (χ0) is 50.6. The van der Waals surface area contributed by atoms with Crippen molar-refractivity contribution in [3.63, 3.8) is 0 Å². The first kappa shape index (κ1) is 63.6. The molecule has 7 N–H and O–H groups in total. The molecule has 0 radical (unpaired) electrons. The molecular formula is C55H108O13. The smallest absolute Gasteiger partial charge is 0.187 e. The Morgan fingerprint density at radius 3 is 1.21 bits per heavy atom. The highest BCUT2D eigenvalue weighted by molar-refractivity contribution is 4.94. The van der Waals surface area contributed by atoms with E-state index in [4.69, 9.17) is 28.4 Å². The molecule has 0 aromatic rings. The third-order valence-electron chi connectivity index (χ3n) is 15.0. The monoisotopic (exact) mass is 977 g/mol. The van der Waals surface area contributed by atoms with E-state index in [1.54, 1.807) is 0 Å². The SMILES string of the molecule is CC(C)CCC[C@@H](C)CCC[C@@H](C)CCC[C@@H](C)CCOC[C@H](CO[C@@H]1O[C@H](CO)[C@@H](O[C@@H]2O[C@H](CO)[C@H](O)[C@H](O)[C@H]2O)[C@H](O)[C@H]1O)OCC[C@H](C)CCC[C@H](C)CCC[C@H](C)CCCC(C)C. The van der Waals surface area contributed by atoms with E-state index in [-0.39, 0.29) is 13.2 Å². The Bertz CT molecular complexity index is 1190. The first-order chi connectivity index (χ1) is 32.4. The Morgan fingerprint density at radius 2 is 0.779 bits per heavy atom. The lowest BCUT2D eigenvalue weighted by Gasteiger charge is -2.46. The van der Waals surface area contributed by atoms with Gasteiger partial charge >= 0.3 is 0 Å². The van der Waals surface area contributed by atoms with Crippen molar-refractivity contribution >= 4 is 0 Å². The van der Waals surface area contributed by atoms with Gasteiger partial charge in [-0.3, -0.25) is 0 Å². The van der Waals surface area contributed by atoms with E-state index >= 15 is 0 Å². The fourth-order valence-corrected chi connectivity index (χ4v) is 9.85. The van der Waals surface area contributed by atoms with Gasteiger partial charge in [-0.25, -0.2) is 0 Å². The summed E-state index contributed by atoms with van der Waals surface area (Å²) >= 11 is 0. The van der Waals surface area contributed by atoms with Crippen molar-refractivity contribution in [1.29, 1.82) is 0 Å². The minimum Gasteiger partial charge on any atom is -0.394 e. The molecule has 0 saturated carbocycles. The maximum absolute atomic E-state index is 11.2. The number of hydrogen-bond donors (Lipinski definition) is 7. The van der Waals surface area contributed by atoms with Gasteiger partial charge in [0, 0.05) is 13.2 Å². The van der Waals surface area contributed by atoms with E-state index in [1.165, 1.54) is 109 Å². The van der Waals surface area contributed by atoms with Crippen LogP contribution in [0.5, 0.6) is 0 Å². The van der Waals surface area contributed by atoms with E-state index in [1.807, 2.05) is 0 Å². The van der Waals surface area contributed by atoms with Crippen molar-refractivity contribution in [2.24, 2.45) is 47.3 Å². The quantitative estimate of drug-likeness (QED) is 0.0288. The van der Waals surface area contributed by atoms with Crippen molar-refractivity contribution in [2.75, 3.05) is 39.6 Å². The minimum absolute atomic E-state index is 0.00274. The third-order valence-corrected chi connectivity index (χ3v) is 15.0. The summed E-state index contributed by atoms with van der Waals surface area (Å²) in [6.45, 7) is 23.5. The summed E-state index contributed by atoms with van der Waals surface area (Å²) in [7, 11) is 0. The van der Waals surface area contributed by atoms with Gasteiger partial charge in [0.1, 0.15) is 54.9 Å². The van der Waals surface area contributed by atoms with Crippen LogP contribution in [0.4, 0.5) is 0 Å². The van der Waals surface area contributed by atoms with E-state index in [0.29, 0.717) is 25.0 Å². The van der Waals surface area contributed by atoms with Crippen LogP contribution in [0, 0.1) is 47.3 Å². The summed E-state index contributed by atoms with van der Waals surface area (Å²) < 4.78 is 35.7. The Hall–Kier alpha value is -0.520. The molecule has 2 fully saturated rings. The van der Waals surface area contributed by atoms with Crippen LogP contribution < -0.4 is 0 Å². The molecule has 13 nitrogen and oxygen atoms in total. The average molecular weight is 977 g/mol. The Kier molecular flexibility index (Phi) is 34.1. The van der Waals surface area contributed by atoms with Crippen molar-refractivity contribution < 1.29 is 64.2 Å². The normalized spacial score (nSPS) is 29.0. The summed E-state index contributed by atoms with van der Waals surface area (Å²) in [4.78, 5) is 0. The highest BCUT2D eigenvalue weighted by atomic mass is 16.7. The van der Waals surface area contributed by atoms with Gasteiger partial charge in [-0.2, -0.15) is 0 Å². The van der Waals surface area contributed by atoms with Crippen LogP contribution in [-0.2, 0) is 28.4 Å². The van der Waals surface area contributed by atoms with Crippen molar-refractivity contribution in [1.82, 2.24) is 0 Å². The van der Waals surface area contributed by atoms with Gasteiger partial charge in [0.2, 0.25) is 0 Å². The van der Waals surface area contributed by atoms with Gasteiger partial charge in [-0.1, -0.05) is 185 Å². The number of aliphatic hydroxyl groups excluding tert-OH is 7. The topological polar surface area (TPSA) is 197 Å². The van der Waals surface area contributed by atoms with E-state index in [0.717, 1.165) is 54.8 Å². The largest absolute Gasteiger partial charge is 0.394 e. The Morgan fingerprint density at radius 1 is 0.397 bits per heavy atom. The van der Waals surface area contributed by atoms with Crippen molar-refractivity contribution in [2.45, 2.75) is 265 Å². The van der Waals surface area contributed by atoms with Gasteiger partial charge in [0.05, 0.1) is 26.4 Å². The maximum atomic E-state index is 11.2. The van der Waals surface area contributed by atoms with Crippen LogP contribution in [0.3, 0.4) is 0 Å². The number of hydrogen-bond acceptors (Lipinski definition) is 13. The summed E-state index contributed by atoms with van der Waals surface area (Å²) in [5.41, 5.74) is 0. The lowest BCUT2D eigenvalue weighted by Crippen LogP contribution is -2.64. The van der Waals surface area contributed by atoms with Crippen molar-refractivity contribution in [3.05, 3.63) is 0 Å². The minimum atomic E-state index is -1.74. The summed E-state index contributed by atoms with van der Waals surface area (Å²) in [6.07, 6.45) is 9.40. The summed E-state index contributed by atoms with van der Waals surface area (Å²) in [5, 5.41) is 73.0. The van der Waals surface area contributed by atoms with Crippen LogP contribution in [-0.4, -0.2) is 143 Å². The molecule has 0 unspecified atom stereocenters. The summed E-state index contributed by atoms with van der Waals surface area (Å²) in [5.74, 6) is 5.74. The predicted molar refractivity (Wildman–Crippen MR) is 270 cm³/mol. The summed E-state index contributed by atoms with van der Waals surface area (Å²) in [6, 6.07) is 0. The lowest BCUT2D eigenvalue weighted by molar-refractivity contribution is -0.360. The predicted octanol–water partition coefficient (Wildman–Crippen LogP) is 8.96. The second-order valence-electron chi connectivity index (χ2n) is 23.0. The molecule has 2 aliphatic heterocycles. The van der Waals surface area contributed by atoms with Gasteiger partial charge in [-0.05, 0) is 60.2 Å². The standard InChI is InChI=1S/C55H108O13/c1-37(2)17-11-19-39(5)21-13-23-41(7)25-15-27-43(9)29-31-63-35-45(64-32-30-44(10)28-16-26-42(8)24-14-22-40(6)20-12-18-38(3)4)36-65-54-52(62)50(60)53(47(34-57)67-54)68-55-51(61)49(59)48(58)46(33-56)66-55/h37-62H,11-36H2,1-10H3/t39-,40-,41-,42-,43-,44-,45-,46-,47-,48+,49+,50-,51-,52-,53-,54-,55+/m1/s1. The molecule has 2 saturated heterocycles. The molecule has 406 valence electrons. The fraction of sp³-hybridized carbons (Fsp3) is 1.00. The van der Waals surface area contributed by atoms with Gasteiger partial charge in [0.15, 0.2) is 12.6 Å². The molecule has 0 amide bonds.